The molecule has 0 aliphatic rings. The monoisotopic (exact) mass is 417 g/mol. The molecule has 0 saturated heterocycles. The average Bonchev–Trinajstić information content (AvgIpc) is 2.41. The summed E-state index contributed by atoms with van der Waals surface area (Å²) in [6.45, 7) is 0. The topological polar surface area (TPSA) is 67.1 Å². The normalized spacial score (nSPS) is 10.2. The first-order valence-corrected chi connectivity index (χ1v) is 7.50. The van der Waals surface area contributed by atoms with Gasteiger partial charge in [-0.1, -0.05) is 27.5 Å². The first kappa shape index (κ1) is 15.3. The molecule has 0 aliphatic heterocycles. The molecular weight excluding hydrogens is 409 g/mol. The van der Waals surface area contributed by atoms with E-state index in [4.69, 9.17) is 17.4 Å². The van der Waals surface area contributed by atoms with Crippen LogP contribution >= 0.6 is 43.5 Å². The molecule has 0 fully saturated rings. The smallest absolute Gasteiger partial charge is 0.257 e. The van der Waals surface area contributed by atoms with Crippen LogP contribution in [0.4, 0.5) is 11.4 Å². The highest BCUT2D eigenvalue weighted by molar-refractivity contribution is 9.11. The van der Waals surface area contributed by atoms with E-state index in [-0.39, 0.29) is 5.91 Å². The summed E-state index contributed by atoms with van der Waals surface area (Å²) in [5.74, 6) is 5.09. The number of hydrogen-bond donors (Lipinski definition) is 3. The first-order chi connectivity index (χ1) is 9.51. The van der Waals surface area contributed by atoms with Gasteiger partial charge in [0.15, 0.2) is 0 Å². The van der Waals surface area contributed by atoms with E-state index in [1.54, 1.807) is 24.3 Å². The summed E-state index contributed by atoms with van der Waals surface area (Å²) >= 11 is 12.6. The zero-order chi connectivity index (χ0) is 14.7. The molecule has 0 bridgehead atoms. The number of halogens is 3. The lowest BCUT2D eigenvalue weighted by Gasteiger charge is -2.11. The van der Waals surface area contributed by atoms with Crippen LogP contribution in [0.3, 0.4) is 0 Å². The van der Waals surface area contributed by atoms with Crippen molar-refractivity contribution in [2.45, 2.75) is 0 Å². The molecule has 7 heteroatoms. The number of nitrogens with two attached hydrogens (primary N) is 1. The van der Waals surface area contributed by atoms with Crippen molar-refractivity contribution >= 4 is 60.7 Å². The molecule has 0 unspecified atom stereocenters. The van der Waals surface area contributed by atoms with Crippen LogP contribution in [0.15, 0.2) is 45.3 Å². The number of rotatable bonds is 3. The second-order valence-electron chi connectivity index (χ2n) is 3.91. The Balaban J connectivity index is 2.30. The molecule has 2 rings (SSSR count). The van der Waals surface area contributed by atoms with Gasteiger partial charge in [-0.2, -0.15) is 0 Å². The summed E-state index contributed by atoms with van der Waals surface area (Å²) in [6, 6.07) is 10.3. The minimum Gasteiger partial charge on any atom is -0.323 e. The number of hydrogen-bond acceptors (Lipinski definition) is 3. The molecule has 1 amide bonds. The fraction of sp³-hybridized carbons (Fsp3) is 0. The van der Waals surface area contributed by atoms with Crippen LogP contribution in [0, 0.1) is 0 Å². The van der Waals surface area contributed by atoms with E-state index >= 15 is 0 Å². The van der Waals surface area contributed by atoms with E-state index in [1.165, 1.54) is 0 Å². The molecule has 0 heterocycles. The van der Waals surface area contributed by atoms with E-state index < -0.39 is 0 Å². The predicted octanol–water partition coefficient (Wildman–Crippen LogP) is 4.40. The van der Waals surface area contributed by atoms with Crippen molar-refractivity contribution in [3.05, 3.63) is 55.9 Å². The van der Waals surface area contributed by atoms with Crippen molar-refractivity contribution in [2.24, 2.45) is 5.84 Å². The van der Waals surface area contributed by atoms with Gasteiger partial charge in [-0.15, -0.1) is 0 Å². The maximum Gasteiger partial charge on any atom is 0.257 e. The number of anilines is 2. The Kier molecular flexibility index (Phi) is 5.04. The third-order valence-corrected chi connectivity index (χ3v) is 3.95. The second-order valence-corrected chi connectivity index (χ2v) is 6.12. The number of nitrogens with one attached hydrogen (secondary N) is 2. The molecule has 2 aromatic carbocycles. The molecule has 0 atom stereocenters. The van der Waals surface area contributed by atoms with E-state index in [9.17, 15) is 4.79 Å². The third kappa shape index (κ3) is 3.52. The summed E-state index contributed by atoms with van der Waals surface area (Å²) < 4.78 is 1.68. The maximum atomic E-state index is 12.3. The SMILES string of the molecule is NNc1ccc(Cl)cc1C(=O)Nc1ccc(Br)cc1Br. The van der Waals surface area contributed by atoms with E-state index in [0.717, 1.165) is 8.95 Å². The molecule has 0 aliphatic carbocycles. The summed E-state index contributed by atoms with van der Waals surface area (Å²) in [5, 5.41) is 3.26. The Morgan fingerprint density at radius 3 is 2.45 bits per heavy atom. The van der Waals surface area contributed by atoms with Crippen molar-refractivity contribution < 1.29 is 4.79 Å². The van der Waals surface area contributed by atoms with Crippen molar-refractivity contribution in [3.8, 4) is 0 Å². The van der Waals surface area contributed by atoms with Crippen LogP contribution in [0.2, 0.25) is 5.02 Å². The van der Waals surface area contributed by atoms with Gasteiger partial charge in [-0.25, -0.2) is 0 Å². The Labute approximate surface area is 137 Å². The minimum absolute atomic E-state index is 0.302. The number of benzene rings is 2. The fourth-order valence-electron chi connectivity index (χ4n) is 1.61. The molecule has 4 nitrogen and oxygen atoms in total. The lowest BCUT2D eigenvalue weighted by molar-refractivity contribution is 0.102. The summed E-state index contributed by atoms with van der Waals surface area (Å²) in [4.78, 5) is 12.3. The van der Waals surface area contributed by atoms with Gasteiger partial charge in [0, 0.05) is 14.0 Å². The zero-order valence-corrected chi connectivity index (χ0v) is 14.0. The van der Waals surface area contributed by atoms with Gasteiger partial charge in [-0.3, -0.25) is 10.6 Å². The standard InChI is InChI=1S/C13H10Br2ClN3O/c14-7-1-3-12(10(15)5-7)18-13(20)9-6-8(16)2-4-11(9)19-17/h1-6,19H,17H2,(H,18,20). The van der Waals surface area contributed by atoms with Gasteiger partial charge in [0.25, 0.3) is 5.91 Å². The molecule has 0 saturated carbocycles. The summed E-state index contributed by atoms with van der Waals surface area (Å²) in [5.41, 5.74) is 4.00. The highest BCUT2D eigenvalue weighted by Crippen LogP contribution is 2.27. The fourth-order valence-corrected chi connectivity index (χ4v) is 2.93. The molecular formula is C13H10Br2ClN3O. The molecule has 104 valence electrons. The van der Waals surface area contributed by atoms with Crippen LogP contribution in [0.5, 0.6) is 0 Å². The summed E-state index contributed by atoms with van der Waals surface area (Å²) in [6.07, 6.45) is 0. The maximum absolute atomic E-state index is 12.3. The van der Waals surface area contributed by atoms with Crippen molar-refractivity contribution in [1.29, 1.82) is 0 Å². The van der Waals surface area contributed by atoms with Gasteiger partial charge < -0.3 is 10.7 Å². The lowest BCUT2D eigenvalue weighted by Crippen LogP contribution is -2.17. The second kappa shape index (κ2) is 6.58. The number of nitrogen functional groups attached to an aromatic ring is 1. The van der Waals surface area contributed by atoms with Crippen LogP contribution in [0.1, 0.15) is 10.4 Å². The molecule has 4 N–H and O–H groups in total. The largest absolute Gasteiger partial charge is 0.323 e. The van der Waals surface area contributed by atoms with Crippen molar-refractivity contribution in [3.63, 3.8) is 0 Å². The van der Waals surface area contributed by atoms with Crippen molar-refractivity contribution in [1.82, 2.24) is 0 Å². The van der Waals surface area contributed by atoms with Gasteiger partial charge in [0.05, 0.1) is 16.9 Å². The molecule has 0 aromatic heterocycles. The van der Waals surface area contributed by atoms with Crippen LogP contribution < -0.4 is 16.6 Å². The number of carbonyl (C=O) groups excluding carboxylic acids is 1. The Morgan fingerprint density at radius 1 is 1.10 bits per heavy atom. The van der Waals surface area contributed by atoms with Gasteiger partial charge in [0.2, 0.25) is 0 Å². The quantitative estimate of drug-likeness (QED) is 0.510. The Hall–Kier alpha value is -1.08. The van der Waals surface area contributed by atoms with Crippen molar-refractivity contribution in [2.75, 3.05) is 10.7 Å². The first-order valence-electron chi connectivity index (χ1n) is 5.54. The van der Waals surface area contributed by atoms with Gasteiger partial charge in [-0.05, 0) is 52.3 Å². The number of hydrazine groups is 1. The molecule has 2 aromatic rings. The Morgan fingerprint density at radius 2 is 1.80 bits per heavy atom. The third-order valence-electron chi connectivity index (χ3n) is 2.56. The number of carbonyl (C=O) groups is 1. The van der Waals surface area contributed by atoms with Gasteiger partial charge in [0.1, 0.15) is 0 Å². The van der Waals surface area contributed by atoms with Gasteiger partial charge >= 0.3 is 0 Å². The summed E-state index contributed by atoms with van der Waals surface area (Å²) in [7, 11) is 0. The zero-order valence-electron chi connectivity index (χ0n) is 10.1. The van der Waals surface area contributed by atoms with E-state index in [0.29, 0.717) is 22.0 Å². The average molecular weight is 420 g/mol. The van der Waals surface area contributed by atoms with E-state index in [1.807, 2.05) is 12.1 Å². The molecule has 20 heavy (non-hydrogen) atoms. The van der Waals surface area contributed by atoms with Crippen LogP contribution in [-0.2, 0) is 0 Å². The minimum atomic E-state index is -0.302. The van der Waals surface area contributed by atoms with Crippen LogP contribution in [0.25, 0.3) is 0 Å². The Bertz CT molecular complexity index is 664. The highest BCUT2D eigenvalue weighted by Gasteiger charge is 2.13. The number of amides is 1. The molecule has 0 spiro atoms. The van der Waals surface area contributed by atoms with E-state index in [2.05, 4.69) is 42.6 Å². The predicted molar refractivity (Wildman–Crippen MR) is 89.1 cm³/mol. The highest BCUT2D eigenvalue weighted by atomic mass is 79.9. The molecule has 0 radical (unpaired) electrons. The van der Waals surface area contributed by atoms with Crippen LogP contribution in [-0.4, -0.2) is 5.91 Å². The lowest BCUT2D eigenvalue weighted by atomic mass is 10.1.